The molecule has 1 amide bonds. The Morgan fingerprint density at radius 1 is 1.17 bits per heavy atom. The maximum atomic E-state index is 12.5. The average molecular weight is 306 g/mol. The molecule has 1 saturated heterocycles. The molecule has 0 spiro atoms. The van der Waals surface area contributed by atoms with Gasteiger partial charge in [-0.05, 0) is 5.56 Å². The number of carbonyl (C=O) groups is 1. The van der Waals surface area contributed by atoms with E-state index in [2.05, 4.69) is 5.32 Å². The van der Waals surface area contributed by atoms with Crippen LogP contribution in [-0.4, -0.2) is 16.7 Å². The third-order valence-electron chi connectivity index (χ3n) is 5.45. The minimum atomic E-state index is -1.91. The fourth-order valence-corrected chi connectivity index (χ4v) is 4.09. The van der Waals surface area contributed by atoms with E-state index in [1.807, 2.05) is 18.2 Å². The van der Waals surface area contributed by atoms with Gasteiger partial charge < -0.3 is 10.4 Å². The van der Waals surface area contributed by atoms with E-state index in [1.165, 1.54) is 6.92 Å². The monoisotopic (exact) mass is 306 g/mol. The topological polar surface area (TPSA) is 121 Å². The zero-order valence-corrected chi connectivity index (χ0v) is 12.4. The van der Waals surface area contributed by atoms with Crippen molar-refractivity contribution in [3.05, 3.63) is 35.9 Å². The molecule has 3 rings (SSSR count). The van der Waals surface area contributed by atoms with Crippen molar-refractivity contribution in [3.63, 3.8) is 0 Å². The lowest BCUT2D eigenvalue weighted by Gasteiger charge is -2.48. The molecule has 0 aromatic heterocycles. The lowest BCUT2D eigenvalue weighted by Crippen LogP contribution is -2.57. The normalized spacial score (nSPS) is 37.1. The van der Waals surface area contributed by atoms with Crippen LogP contribution in [0, 0.1) is 50.7 Å². The van der Waals surface area contributed by atoms with Crippen LogP contribution in [0.2, 0.25) is 0 Å². The number of nitrogens with zero attached hydrogens (tertiary/aromatic N) is 3. The van der Waals surface area contributed by atoms with Gasteiger partial charge in [0.2, 0.25) is 5.91 Å². The zero-order chi connectivity index (χ0) is 16.9. The number of nitriles is 3. The smallest absolute Gasteiger partial charge is 0.245 e. The second-order valence-electron chi connectivity index (χ2n) is 6.22. The number of hydrogen-bond acceptors (Lipinski definition) is 5. The van der Waals surface area contributed by atoms with Crippen molar-refractivity contribution in [2.75, 3.05) is 0 Å². The Morgan fingerprint density at radius 2 is 1.78 bits per heavy atom. The number of carbonyl (C=O) groups excluding carboxylic acids is 1. The van der Waals surface area contributed by atoms with Crippen LogP contribution in [0.15, 0.2) is 30.3 Å². The summed E-state index contributed by atoms with van der Waals surface area (Å²) >= 11 is 0. The van der Waals surface area contributed by atoms with Gasteiger partial charge in [0.15, 0.2) is 10.8 Å². The van der Waals surface area contributed by atoms with E-state index in [0.29, 0.717) is 5.56 Å². The molecule has 2 bridgehead atoms. The Kier molecular flexibility index (Phi) is 2.98. The molecule has 4 atom stereocenters. The molecule has 0 radical (unpaired) electrons. The number of rotatable bonds is 1. The average Bonchev–Trinajstić information content (AvgIpc) is 2.71. The Morgan fingerprint density at radius 3 is 2.30 bits per heavy atom. The zero-order valence-electron chi connectivity index (χ0n) is 12.4. The second kappa shape index (κ2) is 4.56. The van der Waals surface area contributed by atoms with Gasteiger partial charge in [-0.2, -0.15) is 15.8 Å². The fraction of sp³-hybridized carbons (Fsp3) is 0.412. The minimum Gasteiger partial charge on any atom is -0.371 e. The lowest BCUT2D eigenvalue weighted by atomic mass is 9.48. The van der Waals surface area contributed by atoms with Gasteiger partial charge in [0, 0.05) is 18.3 Å². The summed E-state index contributed by atoms with van der Waals surface area (Å²) in [5.41, 5.74) is -4.74. The van der Waals surface area contributed by atoms with Crippen molar-refractivity contribution in [2.24, 2.45) is 16.7 Å². The predicted molar refractivity (Wildman–Crippen MR) is 77.8 cm³/mol. The highest BCUT2D eigenvalue weighted by molar-refractivity contribution is 5.92. The molecule has 2 N–H and O–H groups in total. The van der Waals surface area contributed by atoms with Crippen LogP contribution < -0.4 is 5.32 Å². The molecule has 0 unspecified atom stereocenters. The molecule has 1 aromatic rings. The first-order chi connectivity index (χ1) is 10.9. The third kappa shape index (κ3) is 1.50. The van der Waals surface area contributed by atoms with Crippen molar-refractivity contribution in [1.82, 2.24) is 5.32 Å². The number of fused-ring (bicyclic) bond motifs is 2. The quantitative estimate of drug-likeness (QED) is 0.806. The van der Waals surface area contributed by atoms with Gasteiger partial charge >= 0.3 is 0 Å². The first-order valence-electron chi connectivity index (χ1n) is 7.25. The largest absolute Gasteiger partial charge is 0.371 e. The highest BCUT2D eigenvalue weighted by atomic mass is 16.3. The van der Waals surface area contributed by atoms with E-state index in [0.717, 1.165) is 0 Å². The van der Waals surface area contributed by atoms with E-state index >= 15 is 0 Å². The van der Waals surface area contributed by atoms with Gasteiger partial charge in [0.1, 0.15) is 5.72 Å². The Hall–Kier alpha value is -2.88. The lowest BCUT2D eigenvalue weighted by molar-refractivity contribution is -0.130. The molecular weight excluding hydrogens is 292 g/mol. The van der Waals surface area contributed by atoms with Gasteiger partial charge in [-0.25, -0.2) is 0 Å². The van der Waals surface area contributed by atoms with Gasteiger partial charge in [0.25, 0.3) is 0 Å². The van der Waals surface area contributed by atoms with Gasteiger partial charge in [-0.1, -0.05) is 37.3 Å². The molecule has 6 heteroatoms. The molecule has 114 valence electrons. The Balaban J connectivity index is 2.34. The SMILES string of the molecule is C[C@@H]1[C@@]2(O)C[C@H](c3ccccc3)C(C#N)(C#N)[C@@]1(C#N)C(=O)N2. The summed E-state index contributed by atoms with van der Waals surface area (Å²) in [7, 11) is 0. The van der Waals surface area contributed by atoms with E-state index in [9.17, 15) is 25.7 Å². The second-order valence-corrected chi connectivity index (χ2v) is 6.22. The highest BCUT2D eigenvalue weighted by Crippen LogP contribution is 2.64. The van der Waals surface area contributed by atoms with Gasteiger partial charge in [-0.3, -0.25) is 4.79 Å². The number of nitrogens with one attached hydrogen (secondary N) is 1. The molecule has 2 aliphatic rings. The summed E-state index contributed by atoms with van der Waals surface area (Å²) in [4.78, 5) is 12.5. The van der Waals surface area contributed by atoms with Crippen molar-refractivity contribution in [1.29, 1.82) is 15.8 Å². The van der Waals surface area contributed by atoms with E-state index < -0.39 is 34.3 Å². The van der Waals surface area contributed by atoms with E-state index in [-0.39, 0.29) is 6.42 Å². The summed E-state index contributed by atoms with van der Waals surface area (Å²) < 4.78 is 0. The van der Waals surface area contributed by atoms with Crippen molar-refractivity contribution in [2.45, 2.75) is 25.0 Å². The number of aliphatic hydroxyl groups is 1. The van der Waals surface area contributed by atoms with E-state index in [1.54, 1.807) is 30.3 Å². The number of hydrogen-bond donors (Lipinski definition) is 2. The molecule has 6 nitrogen and oxygen atoms in total. The number of amides is 1. The van der Waals surface area contributed by atoms with Crippen LogP contribution in [0.5, 0.6) is 0 Å². The molecule has 23 heavy (non-hydrogen) atoms. The highest BCUT2D eigenvalue weighted by Gasteiger charge is 2.77. The van der Waals surface area contributed by atoms with Crippen LogP contribution in [0.4, 0.5) is 0 Å². The molecule has 1 saturated carbocycles. The van der Waals surface area contributed by atoms with Crippen LogP contribution >= 0.6 is 0 Å². The third-order valence-corrected chi connectivity index (χ3v) is 5.45. The first-order valence-corrected chi connectivity index (χ1v) is 7.25. The molecule has 1 aliphatic heterocycles. The van der Waals surface area contributed by atoms with Gasteiger partial charge in [0.05, 0.1) is 18.2 Å². The Labute approximate surface area is 133 Å². The summed E-state index contributed by atoms with van der Waals surface area (Å²) in [6, 6.07) is 14.6. The maximum Gasteiger partial charge on any atom is 0.245 e. The summed E-state index contributed by atoms with van der Waals surface area (Å²) in [5, 5.41) is 42.7. The van der Waals surface area contributed by atoms with Crippen LogP contribution in [0.1, 0.15) is 24.8 Å². The molecular formula is C17H14N4O2. The van der Waals surface area contributed by atoms with Crippen LogP contribution in [0.25, 0.3) is 0 Å². The standard InChI is InChI=1S/C17H14N4O2/c1-11-16(10-20)14(22)21-17(11,23)7-13(15(16,8-18)9-19)12-5-3-2-4-6-12/h2-6,11,13,23H,7H2,1H3,(H,21,22)/t11-,13+,16+,17-/m0/s1. The van der Waals surface area contributed by atoms with Crippen molar-refractivity contribution < 1.29 is 9.90 Å². The maximum absolute atomic E-state index is 12.5. The van der Waals surface area contributed by atoms with Gasteiger partial charge in [-0.15, -0.1) is 0 Å². The van der Waals surface area contributed by atoms with Crippen LogP contribution in [0.3, 0.4) is 0 Å². The Bertz CT molecular complexity index is 787. The van der Waals surface area contributed by atoms with Crippen LogP contribution in [-0.2, 0) is 4.79 Å². The molecule has 2 fully saturated rings. The molecule has 1 heterocycles. The van der Waals surface area contributed by atoms with Crippen molar-refractivity contribution >= 4 is 5.91 Å². The van der Waals surface area contributed by atoms with Crippen molar-refractivity contribution in [3.8, 4) is 18.2 Å². The number of benzene rings is 1. The fourth-order valence-electron chi connectivity index (χ4n) is 4.09. The predicted octanol–water partition coefficient (Wildman–Crippen LogP) is 1.17. The summed E-state index contributed by atoms with van der Waals surface area (Å²) in [6.07, 6.45) is 0.00840. The van der Waals surface area contributed by atoms with E-state index in [4.69, 9.17) is 0 Å². The summed E-state index contributed by atoms with van der Waals surface area (Å²) in [5.74, 6) is -2.37. The first kappa shape index (κ1) is 15.0. The molecule has 1 aromatic carbocycles. The summed E-state index contributed by atoms with van der Waals surface area (Å²) in [6.45, 7) is 1.53. The minimum absolute atomic E-state index is 0.00840. The molecule has 1 aliphatic carbocycles.